The molecule has 1 aromatic rings. The Hall–Kier alpha value is -1.53. The summed E-state index contributed by atoms with van der Waals surface area (Å²) in [6.07, 6.45) is 0.315. The Balaban J connectivity index is 2.62. The maximum Gasteiger partial charge on any atom is 0.254 e. The smallest absolute Gasteiger partial charge is 0.254 e. The average Bonchev–Trinajstić information content (AvgIpc) is 2.36. The van der Waals surface area contributed by atoms with Gasteiger partial charge in [0.25, 0.3) is 5.91 Å². The predicted octanol–water partition coefficient (Wildman–Crippen LogP) is 1.48. The van der Waals surface area contributed by atoms with Gasteiger partial charge in [0.15, 0.2) is 0 Å². The maximum atomic E-state index is 13.3. The van der Waals surface area contributed by atoms with E-state index in [2.05, 4.69) is 5.32 Å². The highest BCUT2D eigenvalue weighted by atomic mass is 19.1. The van der Waals surface area contributed by atoms with Gasteiger partial charge in [-0.25, -0.2) is 8.78 Å². The quantitative estimate of drug-likeness (QED) is 0.825. The molecule has 0 aliphatic rings. The fraction of sp³-hybridized carbons (Fsp3) is 0.462. The van der Waals surface area contributed by atoms with E-state index in [1.165, 1.54) is 14.0 Å². The number of carbonyl (C=O) groups is 1. The molecule has 19 heavy (non-hydrogen) atoms. The van der Waals surface area contributed by atoms with E-state index in [0.29, 0.717) is 13.0 Å². The van der Waals surface area contributed by atoms with Gasteiger partial charge in [-0.15, -0.1) is 0 Å². The summed E-state index contributed by atoms with van der Waals surface area (Å²) in [5, 5.41) is 12.3. The summed E-state index contributed by atoms with van der Waals surface area (Å²) in [6.45, 7) is 1.77. The first kappa shape index (κ1) is 15.5. The minimum absolute atomic E-state index is 0.0782. The second-order valence-electron chi connectivity index (χ2n) is 4.55. The highest BCUT2D eigenvalue weighted by molar-refractivity contribution is 5.94. The van der Waals surface area contributed by atoms with Gasteiger partial charge in [-0.05, 0) is 25.1 Å². The van der Waals surface area contributed by atoms with E-state index >= 15 is 0 Å². The number of benzene rings is 1. The number of amides is 1. The van der Waals surface area contributed by atoms with Crippen LogP contribution in [0.3, 0.4) is 0 Å². The lowest BCUT2D eigenvalue weighted by atomic mass is 10.0. The lowest BCUT2D eigenvalue weighted by molar-refractivity contribution is 0.0243. The molecule has 4 nitrogen and oxygen atoms in total. The molecule has 0 saturated carbocycles. The summed E-state index contributed by atoms with van der Waals surface area (Å²) in [5.74, 6) is -2.28. The van der Waals surface area contributed by atoms with Gasteiger partial charge in [0.2, 0.25) is 0 Å². The van der Waals surface area contributed by atoms with E-state index in [-0.39, 0.29) is 12.1 Å². The van der Waals surface area contributed by atoms with Crippen LogP contribution >= 0.6 is 0 Å². The third-order valence-electron chi connectivity index (χ3n) is 2.65. The molecule has 1 rings (SSSR count). The fourth-order valence-electron chi connectivity index (χ4n) is 1.45. The molecule has 0 radical (unpaired) electrons. The molecule has 6 heteroatoms. The van der Waals surface area contributed by atoms with Crippen molar-refractivity contribution in [1.82, 2.24) is 5.32 Å². The molecule has 106 valence electrons. The second kappa shape index (κ2) is 6.58. The van der Waals surface area contributed by atoms with Crippen molar-refractivity contribution >= 4 is 5.91 Å². The molecule has 1 unspecified atom stereocenters. The minimum atomic E-state index is -1.17. The van der Waals surface area contributed by atoms with E-state index in [9.17, 15) is 18.7 Å². The standard InChI is InChI=1S/C13H17F2NO3/c1-13(18,5-6-19-2)8-16-12(17)10-7-9(14)3-4-11(10)15/h3-4,7,18H,5-6,8H2,1-2H3,(H,16,17). The number of nitrogens with one attached hydrogen (secondary N) is 1. The summed E-state index contributed by atoms with van der Waals surface area (Å²) < 4.78 is 31.1. The molecule has 1 amide bonds. The first-order valence-electron chi connectivity index (χ1n) is 5.80. The third kappa shape index (κ3) is 4.92. The van der Waals surface area contributed by atoms with Gasteiger partial charge in [-0.1, -0.05) is 0 Å². The molecule has 0 fully saturated rings. The van der Waals surface area contributed by atoms with Gasteiger partial charge >= 0.3 is 0 Å². The van der Waals surface area contributed by atoms with Crippen molar-refractivity contribution in [3.8, 4) is 0 Å². The number of ether oxygens (including phenoxy) is 1. The molecular weight excluding hydrogens is 256 g/mol. The Kier molecular flexibility index (Phi) is 5.38. The zero-order valence-corrected chi connectivity index (χ0v) is 10.9. The molecule has 1 atom stereocenters. The SMILES string of the molecule is COCCC(C)(O)CNC(=O)c1cc(F)ccc1F. The number of carbonyl (C=O) groups excluding carboxylic acids is 1. The molecule has 0 aromatic heterocycles. The summed E-state index contributed by atoms with van der Waals surface area (Å²) in [5.41, 5.74) is -1.56. The van der Waals surface area contributed by atoms with Gasteiger partial charge in [0.1, 0.15) is 11.6 Å². The first-order chi connectivity index (χ1) is 8.85. The first-order valence-corrected chi connectivity index (χ1v) is 5.80. The van der Waals surface area contributed by atoms with Crippen LogP contribution in [0.25, 0.3) is 0 Å². The average molecular weight is 273 g/mol. The van der Waals surface area contributed by atoms with Crippen molar-refractivity contribution < 1.29 is 23.4 Å². The van der Waals surface area contributed by atoms with Crippen LogP contribution in [0, 0.1) is 11.6 Å². The summed E-state index contributed by atoms with van der Waals surface area (Å²) in [6, 6.07) is 2.63. The van der Waals surface area contributed by atoms with Crippen molar-refractivity contribution in [2.24, 2.45) is 0 Å². The van der Waals surface area contributed by atoms with Crippen LogP contribution in [-0.4, -0.2) is 36.9 Å². The lowest BCUT2D eigenvalue weighted by Crippen LogP contribution is -2.41. The van der Waals surface area contributed by atoms with Crippen molar-refractivity contribution in [3.05, 3.63) is 35.4 Å². The van der Waals surface area contributed by atoms with E-state index in [1.54, 1.807) is 0 Å². The van der Waals surface area contributed by atoms with E-state index < -0.39 is 23.1 Å². The Morgan fingerprint density at radius 1 is 1.47 bits per heavy atom. The van der Waals surface area contributed by atoms with Crippen LogP contribution < -0.4 is 5.32 Å². The molecule has 0 aliphatic heterocycles. The zero-order valence-electron chi connectivity index (χ0n) is 10.9. The molecular formula is C13H17F2NO3. The van der Waals surface area contributed by atoms with Crippen LogP contribution in [0.2, 0.25) is 0 Å². The zero-order chi connectivity index (χ0) is 14.5. The monoisotopic (exact) mass is 273 g/mol. The van der Waals surface area contributed by atoms with E-state index in [4.69, 9.17) is 4.74 Å². The minimum Gasteiger partial charge on any atom is -0.388 e. The Bertz CT molecular complexity index is 450. The van der Waals surface area contributed by atoms with E-state index in [0.717, 1.165) is 18.2 Å². The van der Waals surface area contributed by atoms with E-state index in [1.807, 2.05) is 0 Å². The summed E-state index contributed by atoms with van der Waals surface area (Å²) in [4.78, 5) is 11.7. The number of hydrogen-bond acceptors (Lipinski definition) is 3. The number of rotatable bonds is 6. The summed E-state index contributed by atoms with van der Waals surface area (Å²) >= 11 is 0. The van der Waals surface area contributed by atoms with Gasteiger partial charge in [-0.2, -0.15) is 0 Å². The van der Waals surface area contributed by atoms with Crippen LogP contribution in [0.15, 0.2) is 18.2 Å². The highest BCUT2D eigenvalue weighted by Gasteiger charge is 2.22. The fourth-order valence-corrected chi connectivity index (χ4v) is 1.45. The molecule has 0 aliphatic carbocycles. The molecule has 1 aromatic carbocycles. The Labute approximate surface area is 110 Å². The molecule has 0 heterocycles. The maximum absolute atomic E-state index is 13.3. The van der Waals surface area contributed by atoms with Crippen molar-refractivity contribution in [1.29, 1.82) is 0 Å². The number of methoxy groups -OCH3 is 1. The molecule has 0 saturated heterocycles. The Morgan fingerprint density at radius 2 is 2.16 bits per heavy atom. The van der Waals surface area contributed by atoms with Crippen molar-refractivity contribution in [2.75, 3.05) is 20.3 Å². The molecule has 0 spiro atoms. The van der Waals surface area contributed by atoms with Gasteiger partial charge in [0, 0.05) is 26.7 Å². The molecule has 0 bridgehead atoms. The predicted molar refractivity (Wildman–Crippen MR) is 65.8 cm³/mol. The summed E-state index contributed by atoms with van der Waals surface area (Å²) in [7, 11) is 1.50. The highest BCUT2D eigenvalue weighted by Crippen LogP contribution is 2.11. The van der Waals surface area contributed by atoms with Crippen molar-refractivity contribution in [3.63, 3.8) is 0 Å². The second-order valence-corrected chi connectivity index (χ2v) is 4.55. The lowest BCUT2D eigenvalue weighted by Gasteiger charge is -2.23. The number of aliphatic hydroxyl groups is 1. The van der Waals surface area contributed by atoms with Crippen LogP contribution in [0.1, 0.15) is 23.7 Å². The largest absolute Gasteiger partial charge is 0.388 e. The normalized spacial score (nSPS) is 13.9. The third-order valence-corrected chi connectivity index (χ3v) is 2.65. The van der Waals surface area contributed by atoms with Gasteiger partial charge in [0.05, 0.1) is 11.2 Å². The van der Waals surface area contributed by atoms with Gasteiger partial charge in [-0.3, -0.25) is 4.79 Å². The van der Waals surface area contributed by atoms with Gasteiger partial charge < -0.3 is 15.2 Å². The number of halogens is 2. The number of hydrogen-bond donors (Lipinski definition) is 2. The Morgan fingerprint density at radius 3 is 2.79 bits per heavy atom. The van der Waals surface area contributed by atoms with Crippen LogP contribution in [0.4, 0.5) is 8.78 Å². The van der Waals surface area contributed by atoms with Crippen molar-refractivity contribution in [2.45, 2.75) is 18.9 Å². The van der Waals surface area contributed by atoms with Crippen LogP contribution in [0.5, 0.6) is 0 Å². The molecule has 2 N–H and O–H groups in total. The van der Waals surface area contributed by atoms with Crippen LogP contribution in [-0.2, 0) is 4.74 Å². The topological polar surface area (TPSA) is 58.6 Å².